The van der Waals surface area contributed by atoms with Gasteiger partial charge in [0, 0.05) is 12.1 Å². The first-order chi connectivity index (χ1) is 7.36. The Hall–Kier alpha value is -1.06. The van der Waals surface area contributed by atoms with Crippen molar-refractivity contribution in [2.75, 3.05) is 13.1 Å². The van der Waals surface area contributed by atoms with Gasteiger partial charge >= 0.3 is 0 Å². The molecular formula is C12H17NO2. The number of nitrogens with one attached hydrogen (secondary N) is 1. The Labute approximate surface area is 90.1 Å². The second-order valence-corrected chi connectivity index (χ2v) is 3.91. The molecule has 1 aromatic carbocycles. The Morgan fingerprint density at radius 1 is 1.40 bits per heavy atom. The summed E-state index contributed by atoms with van der Waals surface area (Å²) in [5.41, 5.74) is 0.864. The molecule has 1 unspecified atom stereocenters. The van der Waals surface area contributed by atoms with Crippen molar-refractivity contribution in [3.8, 4) is 5.75 Å². The van der Waals surface area contributed by atoms with Gasteiger partial charge in [0.15, 0.2) is 0 Å². The summed E-state index contributed by atoms with van der Waals surface area (Å²) in [6, 6.07) is 7.32. The van der Waals surface area contributed by atoms with E-state index in [1.165, 1.54) is 6.42 Å². The number of benzene rings is 1. The number of rotatable bonds is 3. The highest BCUT2D eigenvalue weighted by atomic mass is 16.5. The van der Waals surface area contributed by atoms with Gasteiger partial charge in [-0.2, -0.15) is 0 Å². The Bertz CT molecular complexity index is 308. The first-order valence-electron chi connectivity index (χ1n) is 5.45. The van der Waals surface area contributed by atoms with Gasteiger partial charge in [-0.1, -0.05) is 18.2 Å². The highest BCUT2D eigenvalue weighted by Crippen LogP contribution is 2.18. The van der Waals surface area contributed by atoms with Gasteiger partial charge in [-0.25, -0.2) is 0 Å². The number of para-hydroxylation sites is 1. The maximum Gasteiger partial charge on any atom is 0.121 e. The number of aromatic hydroxyl groups is 1. The maximum atomic E-state index is 9.54. The lowest BCUT2D eigenvalue weighted by atomic mass is 10.1. The van der Waals surface area contributed by atoms with Crippen molar-refractivity contribution in [1.29, 1.82) is 0 Å². The third-order valence-corrected chi connectivity index (χ3v) is 2.72. The van der Waals surface area contributed by atoms with Crippen LogP contribution >= 0.6 is 0 Å². The van der Waals surface area contributed by atoms with Crippen LogP contribution in [0.15, 0.2) is 24.3 Å². The fraction of sp³-hybridized carbons (Fsp3) is 0.500. The molecule has 1 aliphatic heterocycles. The van der Waals surface area contributed by atoms with E-state index >= 15 is 0 Å². The summed E-state index contributed by atoms with van der Waals surface area (Å²) in [4.78, 5) is 0. The third kappa shape index (κ3) is 2.94. The van der Waals surface area contributed by atoms with E-state index < -0.39 is 0 Å². The van der Waals surface area contributed by atoms with Crippen LogP contribution in [0.5, 0.6) is 5.75 Å². The highest BCUT2D eigenvalue weighted by Gasteiger charge is 2.13. The molecule has 0 bridgehead atoms. The molecule has 1 atom stereocenters. The number of ether oxygens (including phenoxy) is 1. The number of piperidine rings is 1. The van der Waals surface area contributed by atoms with Gasteiger partial charge in [-0.05, 0) is 25.5 Å². The topological polar surface area (TPSA) is 41.5 Å². The molecule has 82 valence electrons. The number of hydrogen-bond acceptors (Lipinski definition) is 3. The van der Waals surface area contributed by atoms with Crippen LogP contribution in [0.1, 0.15) is 18.4 Å². The molecule has 1 saturated heterocycles. The van der Waals surface area contributed by atoms with Crippen molar-refractivity contribution in [2.24, 2.45) is 0 Å². The average molecular weight is 207 g/mol. The molecule has 0 radical (unpaired) electrons. The molecule has 1 aromatic rings. The Balaban J connectivity index is 1.84. The van der Waals surface area contributed by atoms with Crippen molar-refractivity contribution in [1.82, 2.24) is 5.32 Å². The second kappa shape index (κ2) is 5.14. The quantitative estimate of drug-likeness (QED) is 0.792. The van der Waals surface area contributed by atoms with E-state index in [2.05, 4.69) is 5.32 Å². The lowest BCUT2D eigenvalue weighted by Crippen LogP contribution is -2.35. The molecule has 0 amide bonds. The van der Waals surface area contributed by atoms with Gasteiger partial charge < -0.3 is 15.2 Å². The molecular weight excluding hydrogens is 190 g/mol. The van der Waals surface area contributed by atoms with Gasteiger partial charge in [0.05, 0.1) is 12.7 Å². The van der Waals surface area contributed by atoms with Gasteiger partial charge in [0.2, 0.25) is 0 Å². The van der Waals surface area contributed by atoms with E-state index in [1.807, 2.05) is 18.2 Å². The Morgan fingerprint density at radius 3 is 3.00 bits per heavy atom. The van der Waals surface area contributed by atoms with E-state index in [1.54, 1.807) is 6.07 Å². The van der Waals surface area contributed by atoms with Crippen molar-refractivity contribution in [3.05, 3.63) is 29.8 Å². The van der Waals surface area contributed by atoms with Crippen molar-refractivity contribution >= 4 is 0 Å². The summed E-state index contributed by atoms with van der Waals surface area (Å²) >= 11 is 0. The van der Waals surface area contributed by atoms with Gasteiger partial charge in [-0.15, -0.1) is 0 Å². The predicted octanol–water partition coefficient (Wildman–Crippen LogP) is 1.66. The smallest absolute Gasteiger partial charge is 0.121 e. The summed E-state index contributed by atoms with van der Waals surface area (Å²) in [6.07, 6.45) is 2.57. The number of phenols is 1. The zero-order chi connectivity index (χ0) is 10.5. The van der Waals surface area contributed by atoms with Gasteiger partial charge in [0.25, 0.3) is 0 Å². The lowest BCUT2D eigenvalue weighted by Gasteiger charge is -2.23. The monoisotopic (exact) mass is 207 g/mol. The van der Waals surface area contributed by atoms with Crippen LogP contribution in [0.2, 0.25) is 0 Å². The first kappa shape index (κ1) is 10.5. The molecule has 15 heavy (non-hydrogen) atoms. The molecule has 0 aliphatic carbocycles. The summed E-state index contributed by atoms with van der Waals surface area (Å²) in [5, 5.41) is 12.8. The fourth-order valence-electron chi connectivity index (χ4n) is 1.80. The van der Waals surface area contributed by atoms with Crippen molar-refractivity contribution in [3.63, 3.8) is 0 Å². The molecule has 0 spiro atoms. The van der Waals surface area contributed by atoms with E-state index in [0.717, 1.165) is 25.1 Å². The minimum Gasteiger partial charge on any atom is -0.508 e. The van der Waals surface area contributed by atoms with Crippen molar-refractivity contribution in [2.45, 2.75) is 25.6 Å². The van der Waals surface area contributed by atoms with Gasteiger partial charge in [0.1, 0.15) is 5.75 Å². The number of phenolic OH excluding ortho intramolecular Hbond substituents is 1. The summed E-state index contributed by atoms with van der Waals surface area (Å²) in [5.74, 6) is 0.321. The molecule has 2 N–H and O–H groups in total. The van der Waals surface area contributed by atoms with Crippen LogP contribution in [0, 0.1) is 0 Å². The van der Waals surface area contributed by atoms with Crippen LogP contribution in [0.25, 0.3) is 0 Å². The van der Waals surface area contributed by atoms with E-state index in [9.17, 15) is 5.11 Å². The average Bonchev–Trinajstić information content (AvgIpc) is 2.29. The summed E-state index contributed by atoms with van der Waals surface area (Å²) in [6.45, 7) is 2.52. The zero-order valence-corrected chi connectivity index (χ0v) is 8.78. The lowest BCUT2D eigenvalue weighted by molar-refractivity contribution is 0.0244. The molecule has 3 heteroatoms. The molecule has 1 heterocycles. The van der Waals surface area contributed by atoms with E-state index in [-0.39, 0.29) is 0 Å². The standard InChI is InChI=1S/C12H17NO2/c14-12-6-2-1-4-10(12)9-15-11-5-3-7-13-8-11/h1-2,4,6,11,13-14H,3,5,7-9H2. The number of hydrogen-bond donors (Lipinski definition) is 2. The third-order valence-electron chi connectivity index (χ3n) is 2.72. The van der Waals surface area contributed by atoms with Crippen LogP contribution in [-0.4, -0.2) is 24.3 Å². The minimum absolute atomic E-state index is 0.290. The molecule has 1 aliphatic rings. The molecule has 0 aromatic heterocycles. The molecule has 2 rings (SSSR count). The Kier molecular flexibility index (Phi) is 3.59. The zero-order valence-electron chi connectivity index (χ0n) is 8.78. The molecule has 1 fully saturated rings. The maximum absolute atomic E-state index is 9.54. The van der Waals surface area contributed by atoms with Crippen LogP contribution < -0.4 is 5.32 Å². The first-order valence-corrected chi connectivity index (χ1v) is 5.45. The molecule has 3 nitrogen and oxygen atoms in total. The van der Waals surface area contributed by atoms with Crippen LogP contribution in [0.3, 0.4) is 0 Å². The van der Waals surface area contributed by atoms with Gasteiger partial charge in [-0.3, -0.25) is 0 Å². The summed E-state index contributed by atoms with van der Waals surface area (Å²) in [7, 11) is 0. The van der Waals surface area contributed by atoms with Crippen LogP contribution in [-0.2, 0) is 11.3 Å². The largest absolute Gasteiger partial charge is 0.508 e. The van der Waals surface area contributed by atoms with E-state index in [4.69, 9.17) is 4.74 Å². The van der Waals surface area contributed by atoms with Crippen molar-refractivity contribution < 1.29 is 9.84 Å². The SMILES string of the molecule is Oc1ccccc1COC1CCCNC1. The van der Waals surface area contributed by atoms with E-state index in [0.29, 0.717) is 18.5 Å². The normalized spacial score (nSPS) is 21.5. The molecule has 0 saturated carbocycles. The predicted molar refractivity (Wildman–Crippen MR) is 58.8 cm³/mol. The summed E-state index contributed by atoms with van der Waals surface area (Å²) < 4.78 is 5.73. The minimum atomic E-state index is 0.290. The van der Waals surface area contributed by atoms with Crippen LogP contribution in [0.4, 0.5) is 0 Å². The highest BCUT2D eigenvalue weighted by molar-refractivity contribution is 5.30. The fourth-order valence-corrected chi connectivity index (χ4v) is 1.80. The Morgan fingerprint density at radius 2 is 2.27 bits per heavy atom. The second-order valence-electron chi connectivity index (χ2n) is 3.91.